The van der Waals surface area contributed by atoms with E-state index in [0.29, 0.717) is 11.3 Å². The highest BCUT2D eigenvalue weighted by Gasteiger charge is 2.59. The van der Waals surface area contributed by atoms with Crippen LogP contribution in [0, 0.1) is 5.92 Å². The van der Waals surface area contributed by atoms with Crippen molar-refractivity contribution in [1.82, 2.24) is 4.90 Å². The summed E-state index contributed by atoms with van der Waals surface area (Å²) in [4.78, 5) is 54.8. The van der Waals surface area contributed by atoms with Crippen LogP contribution in [0.5, 0.6) is 0 Å². The number of benzene rings is 3. The third-order valence-electron chi connectivity index (χ3n) is 7.90. The molecule has 1 unspecified atom stereocenters. The Bertz CT molecular complexity index is 1710. The van der Waals surface area contributed by atoms with Gasteiger partial charge in [-0.3, -0.25) is 9.59 Å². The molecule has 3 heterocycles. The summed E-state index contributed by atoms with van der Waals surface area (Å²) in [5.74, 6) is -2.68. The number of methoxy groups -OCH3 is 1. The topological polar surface area (TPSA) is 129 Å². The van der Waals surface area contributed by atoms with Crippen molar-refractivity contribution in [2.45, 2.75) is 30.4 Å². The van der Waals surface area contributed by atoms with Crippen molar-refractivity contribution in [2.75, 3.05) is 7.11 Å². The number of furan rings is 1. The first-order chi connectivity index (χ1) is 21.9. The first-order valence-electron chi connectivity index (χ1n) is 14.4. The van der Waals surface area contributed by atoms with Crippen molar-refractivity contribution in [3.63, 3.8) is 0 Å². The summed E-state index contributed by atoms with van der Waals surface area (Å²) in [6.45, 7) is 0. The average Bonchev–Trinajstić information content (AvgIpc) is 3.54. The molecule has 1 saturated heterocycles. The average molecular weight is 623 g/mol. The minimum Gasteiger partial charge on any atom is -0.463 e. The Morgan fingerprint density at radius 1 is 0.889 bits per heavy atom. The molecule has 0 saturated carbocycles. The van der Waals surface area contributed by atoms with Gasteiger partial charge in [-0.15, -0.1) is 0 Å². The van der Waals surface area contributed by atoms with E-state index in [1.807, 2.05) is 91.0 Å². The van der Waals surface area contributed by atoms with Gasteiger partial charge in [0.05, 0.1) is 12.1 Å². The highest BCUT2D eigenvalue weighted by molar-refractivity contribution is 8.03. The molecule has 4 aromatic rings. The monoisotopic (exact) mass is 622 g/mol. The molecule has 2 aliphatic rings. The lowest BCUT2D eigenvalue weighted by molar-refractivity contribution is -0.169. The number of carbonyl (C=O) groups excluding carboxylic acids is 4. The second-order valence-electron chi connectivity index (χ2n) is 10.7. The van der Waals surface area contributed by atoms with Crippen molar-refractivity contribution in [2.24, 2.45) is 11.7 Å². The van der Waals surface area contributed by atoms with E-state index in [1.54, 1.807) is 6.07 Å². The van der Waals surface area contributed by atoms with E-state index >= 15 is 0 Å². The number of nitrogens with two attached hydrogens (primary N) is 1. The number of thioether (sulfide) groups is 1. The fourth-order valence-electron chi connectivity index (χ4n) is 5.67. The van der Waals surface area contributed by atoms with Gasteiger partial charge in [0.1, 0.15) is 17.1 Å². The zero-order valence-corrected chi connectivity index (χ0v) is 25.1. The Morgan fingerprint density at radius 2 is 1.49 bits per heavy atom. The quantitative estimate of drug-likeness (QED) is 0.150. The summed E-state index contributed by atoms with van der Waals surface area (Å²) in [5.41, 5.74) is 9.27. The zero-order valence-electron chi connectivity index (χ0n) is 24.3. The van der Waals surface area contributed by atoms with Crippen LogP contribution in [-0.2, 0) is 36.7 Å². The predicted molar refractivity (Wildman–Crippen MR) is 166 cm³/mol. The van der Waals surface area contributed by atoms with Crippen LogP contribution < -0.4 is 5.73 Å². The van der Waals surface area contributed by atoms with E-state index in [0.717, 1.165) is 16.7 Å². The number of hydrogen-bond acceptors (Lipinski definition) is 9. The van der Waals surface area contributed by atoms with Crippen LogP contribution in [0.2, 0.25) is 0 Å². The van der Waals surface area contributed by atoms with Crippen molar-refractivity contribution in [3.8, 4) is 0 Å². The van der Waals surface area contributed by atoms with Crippen molar-refractivity contribution < 1.29 is 33.1 Å². The number of ketones is 1. The Kier molecular flexibility index (Phi) is 8.57. The molecule has 6 rings (SSSR count). The number of rotatable bonds is 10. The Hall–Kier alpha value is -5.09. The highest BCUT2D eigenvalue weighted by Crippen LogP contribution is 2.47. The normalized spacial score (nSPS) is 19.1. The molecular formula is C35H30N2O7S. The Balaban J connectivity index is 1.34. The third kappa shape index (κ3) is 6.01. The van der Waals surface area contributed by atoms with Gasteiger partial charge in [-0.2, -0.15) is 0 Å². The van der Waals surface area contributed by atoms with Gasteiger partial charge in [0, 0.05) is 18.4 Å². The summed E-state index contributed by atoms with van der Waals surface area (Å²) in [6.07, 6.45) is -0.659. The molecule has 2 N–H and O–H groups in total. The second-order valence-corrected chi connectivity index (χ2v) is 11.9. The minimum absolute atomic E-state index is 0.00745. The molecule has 1 amide bonds. The largest absolute Gasteiger partial charge is 0.463 e. The van der Waals surface area contributed by atoms with Crippen LogP contribution in [0.4, 0.5) is 0 Å². The molecule has 3 atom stereocenters. The van der Waals surface area contributed by atoms with E-state index in [1.165, 1.54) is 29.8 Å². The number of esters is 2. The summed E-state index contributed by atoms with van der Waals surface area (Å²) in [6, 6.07) is 29.6. The van der Waals surface area contributed by atoms with Crippen LogP contribution in [0.15, 0.2) is 118 Å². The third-order valence-corrected chi connectivity index (χ3v) is 9.15. The maximum atomic E-state index is 14.3. The smallest absolute Gasteiger partial charge is 0.373 e. The molecule has 2 aliphatic heterocycles. The molecule has 3 aromatic carbocycles. The molecule has 9 nitrogen and oxygen atoms in total. The van der Waals surface area contributed by atoms with Gasteiger partial charge in [-0.05, 0) is 28.8 Å². The van der Waals surface area contributed by atoms with Gasteiger partial charge in [0.25, 0.3) is 0 Å². The second kappa shape index (κ2) is 12.9. The van der Waals surface area contributed by atoms with E-state index in [9.17, 15) is 19.2 Å². The first kappa shape index (κ1) is 30.0. The summed E-state index contributed by atoms with van der Waals surface area (Å²) < 4.78 is 16.6. The molecular weight excluding hydrogens is 592 g/mol. The minimum atomic E-state index is -1.22. The van der Waals surface area contributed by atoms with Gasteiger partial charge < -0.3 is 24.5 Å². The van der Waals surface area contributed by atoms with Gasteiger partial charge in [-0.25, -0.2) is 9.59 Å². The number of fused-ring (bicyclic) bond motifs is 1. The number of β-lactam (4-membered cyclic amide) rings is 1. The van der Waals surface area contributed by atoms with E-state index in [2.05, 4.69) is 0 Å². The van der Waals surface area contributed by atoms with Crippen LogP contribution in [-0.4, -0.2) is 47.1 Å². The Morgan fingerprint density at radius 3 is 2.09 bits per heavy atom. The van der Waals surface area contributed by atoms with Crippen molar-refractivity contribution in [1.29, 1.82) is 0 Å². The number of amides is 1. The van der Waals surface area contributed by atoms with Crippen molar-refractivity contribution >= 4 is 35.4 Å². The molecule has 1 fully saturated rings. The molecule has 0 radical (unpaired) electrons. The maximum Gasteiger partial charge on any atom is 0.373 e. The summed E-state index contributed by atoms with van der Waals surface area (Å²) >= 11 is 1.17. The first-order valence-corrected chi connectivity index (χ1v) is 15.2. The summed E-state index contributed by atoms with van der Waals surface area (Å²) in [5, 5.41) is -0.389. The number of hydrogen-bond donors (Lipinski definition) is 1. The zero-order chi connectivity index (χ0) is 31.5. The van der Waals surface area contributed by atoms with Crippen molar-refractivity contribution in [3.05, 3.63) is 142 Å². The lowest BCUT2D eigenvalue weighted by Crippen LogP contribution is -2.69. The Labute approximate surface area is 264 Å². The van der Waals surface area contributed by atoms with Crippen LogP contribution >= 0.6 is 11.8 Å². The van der Waals surface area contributed by atoms with E-state index in [4.69, 9.17) is 19.6 Å². The molecule has 0 spiro atoms. The lowest BCUT2D eigenvalue weighted by Gasteiger charge is -2.52. The van der Waals surface area contributed by atoms with Gasteiger partial charge >= 0.3 is 11.9 Å². The van der Waals surface area contributed by atoms with Crippen LogP contribution in [0.1, 0.15) is 39.1 Å². The molecule has 10 heteroatoms. The number of carbonyl (C=O) groups is 4. The molecule has 0 aliphatic carbocycles. The molecule has 228 valence electrons. The lowest BCUT2D eigenvalue weighted by atomic mass is 9.86. The van der Waals surface area contributed by atoms with E-state index < -0.39 is 41.3 Å². The summed E-state index contributed by atoms with van der Waals surface area (Å²) in [7, 11) is 1.25. The molecule has 1 aromatic heterocycles. The predicted octanol–water partition coefficient (Wildman–Crippen LogP) is 4.82. The van der Waals surface area contributed by atoms with Crippen LogP contribution in [0.25, 0.3) is 0 Å². The molecule has 45 heavy (non-hydrogen) atoms. The number of ether oxygens (including phenoxy) is 2. The maximum absolute atomic E-state index is 14.3. The number of nitrogens with zero attached hydrogens (tertiary/aromatic N) is 1. The number of Topliss-reactive ketones (excluding diaryl/α,β-unsaturated/α-hetero) is 1. The van der Waals surface area contributed by atoms with Crippen LogP contribution in [0.3, 0.4) is 0 Å². The van der Waals surface area contributed by atoms with Gasteiger partial charge in [-0.1, -0.05) is 103 Å². The van der Waals surface area contributed by atoms with Gasteiger partial charge in [0.15, 0.2) is 17.9 Å². The fourth-order valence-corrected chi connectivity index (χ4v) is 7.01. The fraction of sp³-hybridized carbons (Fsp3) is 0.200. The van der Waals surface area contributed by atoms with Gasteiger partial charge in [0.2, 0.25) is 11.7 Å². The highest BCUT2D eigenvalue weighted by atomic mass is 32.2. The molecule has 0 bridgehead atoms. The SMILES string of the molecule is COC(=O)c1ccc(CC2=C(N)S[C@@H]3[C@H](C(=O)Cc4ccccc4)C(=O)N3C2C(=O)OC(c2ccccc2)c2ccccc2)o1. The van der Waals surface area contributed by atoms with E-state index in [-0.39, 0.29) is 29.4 Å². The standard InChI is InChI=1S/C35H30N2O7S/c1-42-34(40)27-18-17-24(43-27)20-25-29(35(41)44-30(22-13-7-3-8-14-22)23-15-9-4-10-16-23)37-32(39)28(33(37)45-31(25)36)26(38)19-21-11-5-2-6-12-21/h2-18,28-30,33H,19-20,36H2,1H3/t28-,29?,33-/m1/s1.